The number of hydrogen-bond acceptors (Lipinski definition) is 1. The van der Waals surface area contributed by atoms with Gasteiger partial charge in [0.2, 0.25) is 0 Å². The summed E-state index contributed by atoms with van der Waals surface area (Å²) < 4.78 is 0. The molecule has 0 aliphatic heterocycles. The van der Waals surface area contributed by atoms with Gasteiger partial charge in [0.05, 0.1) is 5.92 Å². The minimum Gasteiger partial charge on any atom is -0.481 e. The predicted molar refractivity (Wildman–Crippen MR) is 110 cm³/mol. The average Bonchev–Trinajstić information content (AvgIpc) is 2.59. The lowest BCUT2D eigenvalue weighted by Crippen LogP contribution is -2.16. The first-order valence-corrected chi connectivity index (χ1v) is 10.9. The first-order chi connectivity index (χ1) is 12.0. The second kappa shape index (κ2) is 16.7. The van der Waals surface area contributed by atoms with Gasteiger partial charge in [-0.25, -0.2) is 0 Å². The zero-order chi connectivity index (χ0) is 18.9. The first-order valence-electron chi connectivity index (χ1n) is 10.9. The molecule has 1 unspecified atom stereocenters. The summed E-state index contributed by atoms with van der Waals surface area (Å²) in [4.78, 5) is 11.6. The Labute approximate surface area is 157 Å². The molecule has 0 amide bonds. The van der Waals surface area contributed by atoms with Gasteiger partial charge in [-0.3, -0.25) is 4.79 Å². The first kappa shape index (κ1) is 24.2. The molecule has 0 saturated heterocycles. The zero-order valence-electron chi connectivity index (χ0n) is 17.5. The van der Waals surface area contributed by atoms with E-state index in [4.69, 9.17) is 0 Å². The van der Waals surface area contributed by atoms with Crippen molar-refractivity contribution in [1.82, 2.24) is 0 Å². The molecule has 0 spiro atoms. The van der Waals surface area contributed by atoms with Gasteiger partial charge in [0, 0.05) is 0 Å². The van der Waals surface area contributed by atoms with Crippen molar-refractivity contribution in [2.75, 3.05) is 0 Å². The van der Waals surface area contributed by atoms with Crippen LogP contribution in [0, 0.1) is 5.92 Å². The van der Waals surface area contributed by atoms with Crippen molar-refractivity contribution in [3.63, 3.8) is 0 Å². The number of carbonyl (C=O) groups is 1. The summed E-state index contributed by atoms with van der Waals surface area (Å²) in [6, 6.07) is 0. The minimum atomic E-state index is -0.636. The number of unbranched alkanes of at least 4 members (excludes halogenated alkanes) is 11. The van der Waals surface area contributed by atoms with Crippen molar-refractivity contribution in [2.45, 2.75) is 124 Å². The van der Waals surface area contributed by atoms with Crippen LogP contribution in [-0.2, 0) is 4.79 Å². The summed E-state index contributed by atoms with van der Waals surface area (Å²) in [7, 11) is 0. The van der Waals surface area contributed by atoms with Crippen LogP contribution in [-0.4, -0.2) is 11.1 Å². The third kappa shape index (κ3) is 13.1. The second-order valence-electron chi connectivity index (χ2n) is 7.78. The predicted octanol–water partition coefficient (Wildman–Crippen LogP) is 7.91. The Morgan fingerprint density at radius 3 is 1.64 bits per heavy atom. The topological polar surface area (TPSA) is 37.3 Å². The molecule has 0 saturated carbocycles. The van der Waals surface area contributed by atoms with E-state index < -0.39 is 5.97 Å². The van der Waals surface area contributed by atoms with Crippen LogP contribution in [0.2, 0.25) is 0 Å². The highest BCUT2D eigenvalue weighted by molar-refractivity contribution is 5.73. The third-order valence-electron chi connectivity index (χ3n) is 5.50. The number of hydrogen-bond donors (Lipinski definition) is 1. The van der Waals surface area contributed by atoms with Gasteiger partial charge < -0.3 is 5.11 Å². The van der Waals surface area contributed by atoms with Gasteiger partial charge in [0.15, 0.2) is 0 Å². The lowest BCUT2D eigenvalue weighted by atomic mass is 9.89. The van der Waals surface area contributed by atoms with Crippen molar-refractivity contribution in [3.8, 4) is 0 Å². The van der Waals surface area contributed by atoms with Gasteiger partial charge in [-0.15, -0.1) is 0 Å². The quantitative estimate of drug-likeness (QED) is 0.213. The van der Waals surface area contributed by atoms with Crippen molar-refractivity contribution >= 4 is 5.97 Å². The van der Waals surface area contributed by atoms with Crippen molar-refractivity contribution in [1.29, 1.82) is 0 Å². The lowest BCUT2D eigenvalue weighted by Gasteiger charge is -2.16. The maximum Gasteiger partial charge on any atom is 0.310 e. The summed E-state index contributed by atoms with van der Waals surface area (Å²) in [5.41, 5.74) is 2.43. The van der Waals surface area contributed by atoms with Crippen LogP contribution >= 0.6 is 0 Å². The molecule has 0 aliphatic carbocycles. The van der Waals surface area contributed by atoms with Crippen LogP contribution in [0.3, 0.4) is 0 Å². The average molecular weight is 353 g/mol. The maximum atomic E-state index is 11.6. The molecule has 1 atom stereocenters. The Morgan fingerprint density at radius 1 is 0.720 bits per heavy atom. The summed E-state index contributed by atoms with van der Waals surface area (Å²) in [6.45, 7) is 8.66. The SMILES string of the molecule is CCCCCCCCCCC(C)=C(C)C(CCCCCCC)C(=O)O. The molecule has 0 aromatic carbocycles. The molecule has 0 fully saturated rings. The highest BCUT2D eigenvalue weighted by Gasteiger charge is 2.20. The fourth-order valence-corrected chi connectivity index (χ4v) is 3.50. The fourth-order valence-electron chi connectivity index (χ4n) is 3.50. The van der Waals surface area contributed by atoms with E-state index in [1.54, 1.807) is 0 Å². The van der Waals surface area contributed by atoms with Crippen LogP contribution in [0.25, 0.3) is 0 Å². The van der Waals surface area contributed by atoms with Gasteiger partial charge in [-0.1, -0.05) is 102 Å². The van der Waals surface area contributed by atoms with Crippen molar-refractivity contribution in [3.05, 3.63) is 11.1 Å². The standard InChI is InChI=1S/C23H44O2/c1-5-7-9-11-12-13-15-16-18-20(3)21(4)22(23(24)25)19-17-14-10-8-6-2/h22H,5-19H2,1-4H3,(H,24,25). The highest BCUT2D eigenvalue weighted by Crippen LogP contribution is 2.25. The van der Waals surface area contributed by atoms with Crippen LogP contribution in [0.1, 0.15) is 124 Å². The zero-order valence-corrected chi connectivity index (χ0v) is 17.5. The van der Waals surface area contributed by atoms with Crippen molar-refractivity contribution in [2.24, 2.45) is 5.92 Å². The van der Waals surface area contributed by atoms with Gasteiger partial charge >= 0.3 is 5.97 Å². The number of carboxylic acids is 1. The van der Waals surface area contributed by atoms with Crippen LogP contribution in [0.4, 0.5) is 0 Å². The monoisotopic (exact) mass is 352 g/mol. The van der Waals surface area contributed by atoms with Crippen LogP contribution in [0.15, 0.2) is 11.1 Å². The Morgan fingerprint density at radius 2 is 1.16 bits per heavy atom. The van der Waals surface area contributed by atoms with Gasteiger partial charge in [-0.05, 0) is 33.1 Å². The molecule has 0 aromatic heterocycles. The number of aliphatic carboxylic acids is 1. The van der Waals surface area contributed by atoms with Crippen LogP contribution in [0.5, 0.6) is 0 Å². The largest absolute Gasteiger partial charge is 0.481 e. The summed E-state index contributed by atoms with van der Waals surface area (Å²) >= 11 is 0. The molecule has 0 heterocycles. The fraction of sp³-hybridized carbons (Fsp3) is 0.870. The van der Waals surface area contributed by atoms with Gasteiger partial charge in [-0.2, -0.15) is 0 Å². The summed E-state index contributed by atoms with van der Waals surface area (Å²) in [6.07, 6.45) is 18.4. The molecule has 0 rings (SSSR count). The molecule has 1 N–H and O–H groups in total. The Kier molecular flexibility index (Phi) is 16.1. The number of allylic oxidation sites excluding steroid dienone is 1. The molecule has 2 heteroatoms. The van der Waals surface area contributed by atoms with E-state index in [0.717, 1.165) is 24.8 Å². The smallest absolute Gasteiger partial charge is 0.310 e. The van der Waals surface area contributed by atoms with E-state index >= 15 is 0 Å². The molecule has 148 valence electrons. The molecule has 0 bridgehead atoms. The van der Waals surface area contributed by atoms with Crippen LogP contribution < -0.4 is 0 Å². The number of rotatable bonds is 17. The van der Waals surface area contributed by atoms with Crippen molar-refractivity contribution < 1.29 is 9.90 Å². The van der Waals surface area contributed by atoms with E-state index in [2.05, 4.69) is 20.8 Å². The third-order valence-corrected chi connectivity index (χ3v) is 5.50. The molecule has 25 heavy (non-hydrogen) atoms. The lowest BCUT2D eigenvalue weighted by molar-refractivity contribution is -0.140. The van der Waals surface area contributed by atoms with E-state index in [1.165, 1.54) is 82.6 Å². The summed E-state index contributed by atoms with van der Waals surface area (Å²) in [5, 5.41) is 9.57. The Hall–Kier alpha value is -0.790. The Bertz CT molecular complexity index is 357. The second-order valence-corrected chi connectivity index (χ2v) is 7.78. The molecular formula is C23H44O2. The van der Waals surface area contributed by atoms with Gasteiger partial charge in [0.25, 0.3) is 0 Å². The normalized spacial score (nSPS) is 13.6. The molecule has 0 aliphatic rings. The van der Waals surface area contributed by atoms with E-state index in [-0.39, 0.29) is 5.92 Å². The Balaban J connectivity index is 4.09. The molecule has 2 nitrogen and oxygen atoms in total. The van der Waals surface area contributed by atoms with E-state index in [9.17, 15) is 9.90 Å². The van der Waals surface area contributed by atoms with E-state index in [0.29, 0.717) is 0 Å². The molecule has 0 aromatic rings. The molecule has 0 radical (unpaired) electrons. The molecular weight excluding hydrogens is 308 g/mol. The van der Waals surface area contributed by atoms with Gasteiger partial charge in [0.1, 0.15) is 0 Å². The number of carboxylic acid groups (broad SMARTS) is 1. The minimum absolute atomic E-state index is 0.268. The highest BCUT2D eigenvalue weighted by atomic mass is 16.4. The maximum absolute atomic E-state index is 11.6. The summed E-state index contributed by atoms with van der Waals surface area (Å²) in [5.74, 6) is -0.904. The van der Waals surface area contributed by atoms with E-state index in [1.807, 2.05) is 6.92 Å².